The lowest BCUT2D eigenvalue weighted by Gasteiger charge is -1.96. The van der Waals surface area contributed by atoms with E-state index in [0.717, 1.165) is 3.58 Å². The summed E-state index contributed by atoms with van der Waals surface area (Å²) in [5.41, 5.74) is 0.510. The van der Waals surface area contributed by atoms with Gasteiger partial charge >= 0.3 is 5.97 Å². The Morgan fingerprint density at radius 3 is 2.11 bits per heavy atom. The van der Waals surface area contributed by atoms with Crippen LogP contribution in [0.2, 0.25) is 0 Å². The lowest BCUT2D eigenvalue weighted by atomic mass is 10.2. The minimum atomic E-state index is -0.801. The number of aliphatic carboxylic acids is 1. The number of carbonyl (C=O) groups is 1. The van der Waals surface area contributed by atoms with Crippen molar-refractivity contribution < 1.29 is 9.90 Å². The molecule has 0 aliphatic heterocycles. The smallest absolute Gasteiger partial charge is 0.332 e. The van der Waals surface area contributed by atoms with Gasteiger partial charge in [0.15, 0.2) is 0 Å². The Morgan fingerprint density at radius 1 is 1.67 bits per heavy atom. The first-order valence-corrected chi connectivity index (χ1v) is 3.76. The van der Waals surface area contributed by atoms with Gasteiger partial charge in [-0.3, -0.25) is 0 Å². The number of allylic oxidation sites excluding steroid dienone is 1. The van der Waals surface area contributed by atoms with Crippen LogP contribution in [0.4, 0.5) is 0 Å². The van der Waals surface area contributed by atoms with Gasteiger partial charge in [-0.1, -0.05) is 6.92 Å². The summed E-state index contributed by atoms with van der Waals surface area (Å²) in [7, 11) is 0. The molecule has 0 atom stereocenters. The van der Waals surface area contributed by atoms with Crippen molar-refractivity contribution in [2.45, 2.75) is 20.3 Å². The number of halogens is 1. The van der Waals surface area contributed by atoms with E-state index in [1.54, 1.807) is 6.92 Å². The van der Waals surface area contributed by atoms with Crippen LogP contribution in [-0.4, -0.2) is 11.1 Å². The van der Waals surface area contributed by atoms with Gasteiger partial charge in [0, 0.05) is 5.57 Å². The van der Waals surface area contributed by atoms with Crippen LogP contribution in [0, 0.1) is 0 Å². The van der Waals surface area contributed by atoms with Crippen molar-refractivity contribution in [2.24, 2.45) is 0 Å². The Hall–Kier alpha value is -0.0600. The van der Waals surface area contributed by atoms with Crippen molar-refractivity contribution in [3.8, 4) is 0 Å². The second kappa shape index (κ2) is 3.87. The van der Waals surface area contributed by atoms with Gasteiger partial charge in [-0.25, -0.2) is 4.79 Å². The van der Waals surface area contributed by atoms with Crippen molar-refractivity contribution in [1.29, 1.82) is 0 Å². The zero-order chi connectivity index (χ0) is 7.44. The predicted octanol–water partition coefficient (Wildman–Crippen LogP) is 2.19. The fraction of sp³-hybridized carbons (Fsp3) is 0.500. The predicted molar refractivity (Wildman–Crippen MR) is 44.6 cm³/mol. The highest BCUT2D eigenvalue weighted by Gasteiger charge is 2.05. The normalized spacial score (nSPS) is 12.8. The first-order chi connectivity index (χ1) is 4.09. The Morgan fingerprint density at radius 2 is 2.11 bits per heavy atom. The Labute approximate surface area is 68.1 Å². The summed E-state index contributed by atoms with van der Waals surface area (Å²) in [5.74, 6) is -0.801. The first kappa shape index (κ1) is 8.94. The maximum atomic E-state index is 10.3. The Kier molecular flexibility index (Phi) is 3.84. The molecule has 0 aromatic carbocycles. The van der Waals surface area contributed by atoms with E-state index in [0.29, 0.717) is 12.0 Å². The molecule has 0 saturated carbocycles. The van der Waals surface area contributed by atoms with E-state index in [-0.39, 0.29) is 0 Å². The molecule has 52 valence electrons. The topological polar surface area (TPSA) is 37.3 Å². The monoisotopic (exact) mass is 240 g/mol. The van der Waals surface area contributed by atoms with Crippen molar-refractivity contribution >= 4 is 28.6 Å². The SMILES string of the molecule is CC/C(C(=O)O)=C(\C)I. The molecule has 0 aromatic heterocycles. The molecule has 0 spiro atoms. The summed E-state index contributed by atoms with van der Waals surface area (Å²) in [6.07, 6.45) is 0.601. The van der Waals surface area contributed by atoms with Gasteiger partial charge in [0.2, 0.25) is 0 Å². The van der Waals surface area contributed by atoms with Gasteiger partial charge in [-0.2, -0.15) is 0 Å². The summed E-state index contributed by atoms with van der Waals surface area (Å²) < 4.78 is 0.864. The summed E-state index contributed by atoms with van der Waals surface area (Å²) in [6.45, 7) is 3.64. The van der Waals surface area contributed by atoms with Gasteiger partial charge in [0.1, 0.15) is 0 Å². The molecule has 0 aliphatic carbocycles. The molecule has 9 heavy (non-hydrogen) atoms. The summed E-state index contributed by atoms with van der Waals surface area (Å²) >= 11 is 2.02. The molecule has 0 heterocycles. The minimum absolute atomic E-state index is 0.510. The standard InChI is InChI=1S/C6H9IO2/c1-3-5(4(2)7)6(8)9/h3H2,1-2H3,(H,8,9)/b5-4-. The summed E-state index contributed by atoms with van der Waals surface area (Å²) in [5, 5.41) is 8.48. The van der Waals surface area contributed by atoms with Crippen LogP contribution in [-0.2, 0) is 4.79 Å². The average Bonchev–Trinajstić information content (AvgIpc) is 1.64. The van der Waals surface area contributed by atoms with Crippen LogP contribution < -0.4 is 0 Å². The minimum Gasteiger partial charge on any atom is -0.478 e. The molecule has 0 aliphatic rings. The van der Waals surface area contributed by atoms with E-state index in [9.17, 15) is 4.79 Å². The molecular formula is C6H9IO2. The zero-order valence-electron chi connectivity index (χ0n) is 5.44. The van der Waals surface area contributed by atoms with Crippen LogP contribution in [0.15, 0.2) is 9.15 Å². The Bertz CT molecular complexity index is 145. The van der Waals surface area contributed by atoms with Crippen molar-refractivity contribution in [3.63, 3.8) is 0 Å². The van der Waals surface area contributed by atoms with Crippen LogP contribution in [0.1, 0.15) is 20.3 Å². The number of carboxylic acids is 1. The highest BCUT2D eigenvalue weighted by Crippen LogP contribution is 2.14. The molecule has 0 rings (SSSR count). The summed E-state index contributed by atoms with van der Waals surface area (Å²) in [6, 6.07) is 0. The van der Waals surface area contributed by atoms with E-state index >= 15 is 0 Å². The molecule has 1 N–H and O–H groups in total. The third kappa shape index (κ3) is 2.84. The average molecular weight is 240 g/mol. The van der Waals surface area contributed by atoms with Gasteiger partial charge < -0.3 is 5.11 Å². The van der Waals surface area contributed by atoms with Crippen molar-refractivity contribution in [3.05, 3.63) is 9.15 Å². The molecule has 0 unspecified atom stereocenters. The molecule has 0 radical (unpaired) electrons. The van der Waals surface area contributed by atoms with Gasteiger partial charge in [0.05, 0.1) is 0 Å². The number of hydrogen-bond donors (Lipinski definition) is 1. The fourth-order valence-electron chi connectivity index (χ4n) is 0.542. The van der Waals surface area contributed by atoms with Gasteiger partial charge in [0.25, 0.3) is 0 Å². The van der Waals surface area contributed by atoms with Crippen LogP contribution in [0.3, 0.4) is 0 Å². The van der Waals surface area contributed by atoms with Gasteiger partial charge in [-0.05, 0) is 39.5 Å². The molecule has 0 amide bonds. The quantitative estimate of drug-likeness (QED) is 0.593. The van der Waals surface area contributed by atoms with E-state index in [1.807, 2.05) is 29.5 Å². The maximum absolute atomic E-state index is 10.3. The molecule has 0 fully saturated rings. The third-order valence-corrected chi connectivity index (χ3v) is 1.68. The molecule has 2 nitrogen and oxygen atoms in total. The van der Waals surface area contributed by atoms with Crippen LogP contribution >= 0.6 is 22.6 Å². The zero-order valence-corrected chi connectivity index (χ0v) is 7.60. The van der Waals surface area contributed by atoms with E-state index in [2.05, 4.69) is 0 Å². The van der Waals surface area contributed by atoms with E-state index in [4.69, 9.17) is 5.11 Å². The number of rotatable bonds is 2. The Balaban J connectivity index is 4.35. The fourth-order valence-corrected chi connectivity index (χ4v) is 1.15. The van der Waals surface area contributed by atoms with E-state index < -0.39 is 5.97 Å². The molecule has 0 bridgehead atoms. The molecule has 0 aromatic rings. The lowest BCUT2D eigenvalue weighted by Crippen LogP contribution is -1.99. The first-order valence-electron chi connectivity index (χ1n) is 2.68. The van der Waals surface area contributed by atoms with Gasteiger partial charge in [-0.15, -0.1) is 0 Å². The molecule has 0 saturated heterocycles. The molecule has 3 heteroatoms. The highest BCUT2D eigenvalue weighted by atomic mass is 127. The van der Waals surface area contributed by atoms with E-state index in [1.165, 1.54) is 0 Å². The second-order valence-corrected chi connectivity index (χ2v) is 3.29. The summed E-state index contributed by atoms with van der Waals surface area (Å²) in [4.78, 5) is 10.3. The third-order valence-electron chi connectivity index (χ3n) is 1.03. The van der Waals surface area contributed by atoms with Crippen LogP contribution in [0.5, 0.6) is 0 Å². The van der Waals surface area contributed by atoms with Crippen LogP contribution in [0.25, 0.3) is 0 Å². The lowest BCUT2D eigenvalue weighted by molar-refractivity contribution is -0.132. The number of hydrogen-bond acceptors (Lipinski definition) is 1. The molecular weight excluding hydrogens is 231 g/mol. The van der Waals surface area contributed by atoms with Crippen molar-refractivity contribution in [2.75, 3.05) is 0 Å². The number of carboxylic acid groups (broad SMARTS) is 1. The largest absolute Gasteiger partial charge is 0.478 e. The van der Waals surface area contributed by atoms with Crippen molar-refractivity contribution in [1.82, 2.24) is 0 Å². The maximum Gasteiger partial charge on any atom is 0.332 e. The highest BCUT2D eigenvalue weighted by molar-refractivity contribution is 14.1. The second-order valence-electron chi connectivity index (χ2n) is 1.67.